The van der Waals surface area contributed by atoms with Crippen molar-refractivity contribution in [2.45, 2.75) is 12.2 Å². The van der Waals surface area contributed by atoms with Crippen LogP contribution in [0, 0.1) is 0 Å². The number of alkyl halides is 4. The molecule has 1 aromatic carbocycles. The molecule has 7 heteroatoms. The summed E-state index contributed by atoms with van der Waals surface area (Å²) in [4.78, 5) is 4.23. The van der Waals surface area contributed by atoms with Crippen LogP contribution in [0.15, 0.2) is 29.6 Å². The fourth-order valence-corrected chi connectivity index (χ4v) is 2.23. The van der Waals surface area contributed by atoms with Crippen LogP contribution in [0.5, 0.6) is 5.75 Å². The Hall–Kier alpha value is -1.27. The van der Waals surface area contributed by atoms with Crippen LogP contribution in [0.25, 0.3) is 11.3 Å². The number of thiazole rings is 1. The molecule has 0 radical (unpaired) electrons. The van der Waals surface area contributed by atoms with Crippen LogP contribution in [0.1, 0.15) is 5.01 Å². The molecule has 0 spiro atoms. The highest BCUT2D eigenvalue weighted by Crippen LogP contribution is 2.27. The van der Waals surface area contributed by atoms with Gasteiger partial charge in [-0.3, -0.25) is 0 Å². The summed E-state index contributed by atoms with van der Waals surface area (Å²) >= 11 is 7.03. The van der Waals surface area contributed by atoms with Gasteiger partial charge in [-0.05, 0) is 24.3 Å². The first-order valence-corrected chi connectivity index (χ1v) is 6.26. The van der Waals surface area contributed by atoms with E-state index in [4.69, 9.17) is 11.6 Å². The van der Waals surface area contributed by atoms with Crippen molar-refractivity contribution in [2.24, 2.45) is 0 Å². The van der Waals surface area contributed by atoms with Crippen LogP contribution < -0.4 is 4.74 Å². The van der Waals surface area contributed by atoms with Gasteiger partial charge in [0.05, 0.1) is 11.6 Å². The number of ether oxygens (including phenoxy) is 1. The van der Waals surface area contributed by atoms with Crippen molar-refractivity contribution in [3.05, 3.63) is 34.7 Å². The lowest BCUT2D eigenvalue weighted by Crippen LogP contribution is -2.16. The molecule has 0 N–H and O–H groups in total. The number of nitrogens with zero attached hydrogens (tertiary/aromatic N) is 1. The molecule has 0 unspecified atom stereocenters. The van der Waals surface area contributed by atoms with E-state index in [0.717, 1.165) is 10.6 Å². The van der Waals surface area contributed by atoms with Crippen molar-refractivity contribution < 1.29 is 17.9 Å². The molecule has 2 nitrogen and oxygen atoms in total. The topological polar surface area (TPSA) is 22.1 Å². The molecule has 0 bridgehead atoms. The minimum atomic E-state index is -4.67. The van der Waals surface area contributed by atoms with Crippen molar-refractivity contribution in [1.82, 2.24) is 4.98 Å². The average molecular weight is 294 g/mol. The van der Waals surface area contributed by atoms with Gasteiger partial charge in [0.25, 0.3) is 0 Å². The molecular formula is C11H7ClF3NOS. The number of halogens is 4. The Morgan fingerprint density at radius 3 is 2.39 bits per heavy atom. The van der Waals surface area contributed by atoms with Crippen LogP contribution in [-0.2, 0) is 5.88 Å². The van der Waals surface area contributed by atoms with Gasteiger partial charge in [-0.2, -0.15) is 0 Å². The number of aromatic nitrogens is 1. The van der Waals surface area contributed by atoms with Crippen LogP contribution >= 0.6 is 22.9 Å². The summed E-state index contributed by atoms with van der Waals surface area (Å²) in [5, 5.41) is 2.57. The molecule has 0 saturated carbocycles. The Morgan fingerprint density at radius 1 is 1.22 bits per heavy atom. The third kappa shape index (κ3) is 3.36. The Kier molecular flexibility index (Phi) is 3.77. The van der Waals surface area contributed by atoms with E-state index in [-0.39, 0.29) is 5.75 Å². The molecule has 1 heterocycles. The molecule has 1 aromatic heterocycles. The lowest BCUT2D eigenvalue weighted by molar-refractivity contribution is -0.274. The quantitative estimate of drug-likeness (QED) is 0.780. The van der Waals surface area contributed by atoms with Crippen LogP contribution in [0.3, 0.4) is 0 Å². The molecule has 0 amide bonds. The molecule has 0 aliphatic heterocycles. The van der Waals surface area contributed by atoms with E-state index < -0.39 is 6.36 Å². The first-order valence-electron chi connectivity index (χ1n) is 4.84. The molecule has 0 atom stereocenters. The number of hydrogen-bond donors (Lipinski definition) is 0. The second-order valence-corrected chi connectivity index (χ2v) is 4.54. The zero-order valence-corrected chi connectivity index (χ0v) is 10.4. The maximum Gasteiger partial charge on any atom is 0.573 e. The third-order valence-electron chi connectivity index (χ3n) is 2.05. The van der Waals surface area contributed by atoms with Gasteiger partial charge in [0.1, 0.15) is 10.8 Å². The SMILES string of the molecule is FC(F)(F)Oc1ccc(-c2csc(CCl)n2)cc1. The maximum absolute atomic E-state index is 12.0. The van der Waals surface area contributed by atoms with E-state index in [9.17, 15) is 13.2 Å². The van der Waals surface area contributed by atoms with Gasteiger partial charge >= 0.3 is 6.36 Å². The first-order chi connectivity index (χ1) is 8.48. The highest BCUT2D eigenvalue weighted by molar-refractivity contribution is 7.10. The standard InChI is InChI=1S/C11H7ClF3NOS/c12-5-10-16-9(6-18-10)7-1-3-8(4-2-7)17-11(13,14)15/h1-4,6H,5H2. The minimum absolute atomic E-state index is 0.251. The van der Waals surface area contributed by atoms with Crippen molar-refractivity contribution in [3.63, 3.8) is 0 Å². The van der Waals surface area contributed by atoms with E-state index in [1.807, 2.05) is 0 Å². The highest BCUT2D eigenvalue weighted by Gasteiger charge is 2.30. The summed E-state index contributed by atoms with van der Waals surface area (Å²) in [6.45, 7) is 0. The predicted molar refractivity (Wildman–Crippen MR) is 63.8 cm³/mol. The number of rotatable bonds is 3. The summed E-state index contributed by atoms with van der Waals surface area (Å²) in [5.41, 5.74) is 1.41. The summed E-state index contributed by atoms with van der Waals surface area (Å²) in [7, 11) is 0. The molecule has 18 heavy (non-hydrogen) atoms. The van der Waals surface area contributed by atoms with E-state index in [0.29, 0.717) is 11.6 Å². The highest BCUT2D eigenvalue weighted by atomic mass is 35.5. The summed E-state index contributed by atoms with van der Waals surface area (Å²) in [6, 6.07) is 5.55. The predicted octanol–water partition coefficient (Wildman–Crippen LogP) is 4.45. The lowest BCUT2D eigenvalue weighted by Gasteiger charge is -2.08. The van der Waals surface area contributed by atoms with Gasteiger partial charge in [0.15, 0.2) is 0 Å². The molecule has 0 aliphatic rings. The Morgan fingerprint density at radius 2 is 1.89 bits per heavy atom. The van der Waals surface area contributed by atoms with Gasteiger partial charge in [0, 0.05) is 10.9 Å². The van der Waals surface area contributed by atoms with Crippen molar-refractivity contribution in [3.8, 4) is 17.0 Å². The molecule has 0 aliphatic carbocycles. The lowest BCUT2D eigenvalue weighted by atomic mass is 10.2. The second-order valence-electron chi connectivity index (χ2n) is 3.33. The summed E-state index contributed by atoms with van der Waals surface area (Å²) < 4.78 is 39.7. The maximum atomic E-state index is 12.0. The molecule has 2 rings (SSSR count). The molecule has 0 saturated heterocycles. The van der Waals surface area contributed by atoms with Gasteiger partial charge in [0.2, 0.25) is 0 Å². The Labute approximate surface area is 110 Å². The third-order valence-corrected chi connectivity index (χ3v) is 3.31. The minimum Gasteiger partial charge on any atom is -0.406 e. The zero-order chi connectivity index (χ0) is 13.2. The average Bonchev–Trinajstić information content (AvgIpc) is 2.76. The zero-order valence-electron chi connectivity index (χ0n) is 8.87. The number of hydrogen-bond acceptors (Lipinski definition) is 3. The molecule has 2 aromatic rings. The fraction of sp³-hybridized carbons (Fsp3) is 0.182. The molecule has 0 fully saturated rings. The molecule has 96 valence electrons. The van der Waals surface area contributed by atoms with Crippen molar-refractivity contribution in [2.75, 3.05) is 0 Å². The van der Waals surface area contributed by atoms with E-state index in [1.54, 1.807) is 5.38 Å². The normalized spacial score (nSPS) is 11.6. The van der Waals surface area contributed by atoms with Gasteiger partial charge < -0.3 is 4.74 Å². The van der Waals surface area contributed by atoms with Gasteiger partial charge in [-0.25, -0.2) is 4.98 Å². The summed E-state index contributed by atoms with van der Waals surface area (Å²) in [5.74, 6) is 0.0685. The van der Waals surface area contributed by atoms with Crippen LogP contribution in [0.4, 0.5) is 13.2 Å². The smallest absolute Gasteiger partial charge is 0.406 e. The first kappa shape index (κ1) is 13.2. The fourth-order valence-electron chi connectivity index (χ4n) is 1.33. The monoisotopic (exact) mass is 293 g/mol. The van der Waals surface area contributed by atoms with Gasteiger partial charge in [-0.1, -0.05) is 0 Å². The van der Waals surface area contributed by atoms with Crippen LogP contribution in [-0.4, -0.2) is 11.3 Å². The van der Waals surface area contributed by atoms with E-state index in [2.05, 4.69) is 9.72 Å². The van der Waals surface area contributed by atoms with Crippen molar-refractivity contribution >= 4 is 22.9 Å². The van der Waals surface area contributed by atoms with Crippen LogP contribution in [0.2, 0.25) is 0 Å². The van der Waals surface area contributed by atoms with Gasteiger partial charge in [-0.15, -0.1) is 36.1 Å². The summed E-state index contributed by atoms with van der Waals surface area (Å²) in [6.07, 6.45) is -4.67. The van der Waals surface area contributed by atoms with E-state index in [1.165, 1.54) is 35.6 Å². The van der Waals surface area contributed by atoms with E-state index >= 15 is 0 Å². The molecular weight excluding hydrogens is 287 g/mol. The Bertz CT molecular complexity index is 524. The van der Waals surface area contributed by atoms with Crippen molar-refractivity contribution in [1.29, 1.82) is 0 Å². The largest absolute Gasteiger partial charge is 0.573 e. The second kappa shape index (κ2) is 5.16. The Balaban J connectivity index is 2.17. The number of benzene rings is 1.